The standard InChI is InChI=1S/C17H22N2O2/c1-12-9-13(2)11-15(10-12)19-17(21)16-14(6-4-8-20)5-3-7-18-16/h3,5,7,12-13,15,20H,8-11H2,1-2H3,(H,19,21). The number of nitrogens with one attached hydrogen (secondary N) is 1. The summed E-state index contributed by atoms with van der Waals surface area (Å²) in [5, 5.41) is 11.9. The summed E-state index contributed by atoms with van der Waals surface area (Å²) in [7, 11) is 0. The third-order valence-electron chi connectivity index (χ3n) is 3.84. The van der Waals surface area contributed by atoms with Gasteiger partial charge in [0.1, 0.15) is 12.3 Å². The van der Waals surface area contributed by atoms with Crippen LogP contribution in [-0.4, -0.2) is 28.6 Å². The first-order valence-electron chi connectivity index (χ1n) is 7.45. The lowest BCUT2D eigenvalue weighted by molar-refractivity contribution is 0.0906. The van der Waals surface area contributed by atoms with Crippen molar-refractivity contribution in [3.8, 4) is 11.8 Å². The maximum atomic E-state index is 12.4. The fourth-order valence-electron chi connectivity index (χ4n) is 3.14. The zero-order chi connectivity index (χ0) is 15.2. The molecule has 112 valence electrons. The highest BCUT2D eigenvalue weighted by Crippen LogP contribution is 2.28. The highest BCUT2D eigenvalue weighted by molar-refractivity contribution is 5.94. The smallest absolute Gasteiger partial charge is 0.271 e. The third-order valence-corrected chi connectivity index (χ3v) is 3.84. The van der Waals surface area contributed by atoms with E-state index in [2.05, 4.69) is 36.0 Å². The van der Waals surface area contributed by atoms with Crippen LogP contribution in [0.5, 0.6) is 0 Å². The second-order valence-corrected chi connectivity index (χ2v) is 5.95. The number of amides is 1. The van der Waals surface area contributed by atoms with E-state index < -0.39 is 0 Å². The zero-order valence-corrected chi connectivity index (χ0v) is 12.6. The minimum atomic E-state index is -0.229. The van der Waals surface area contributed by atoms with Gasteiger partial charge in [0.15, 0.2) is 0 Å². The monoisotopic (exact) mass is 286 g/mol. The number of aliphatic hydroxyl groups is 1. The molecule has 1 aliphatic rings. The van der Waals surface area contributed by atoms with Crippen LogP contribution in [0.4, 0.5) is 0 Å². The van der Waals surface area contributed by atoms with Crippen molar-refractivity contribution in [3.05, 3.63) is 29.6 Å². The van der Waals surface area contributed by atoms with Crippen molar-refractivity contribution in [2.24, 2.45) is 11.8 Å². The number of aromatic nitrogens is 1. The first kappa shape index (κ1) is 15.5. The molecule has 1 aromatic rings. The van der Waals surface area contributed by atoms with Gasteiger partial charge in [-0.1, -0.05) is 25.7 Å². The van der Waals surface area contributed by atoms with Crippen LogP contribution in [0.3, 0.4) is 0 Å². The van der Waals surface area contributed by atoms with Gasteiger partial charge in [-0.25, -0.2) is 4.98 Å². The summed E-state index contributed by atoms with van der Waals surface area (Å²) in [6.45, 7) is 4.23. The summed E-state index contributed by atoms with van der Waals surface area (Å²) in [6.07, 6.45) is 4.84. The molecule has 1 amide bonds. The maximum absolute atomic E-state index is 12.4. The van der Waals surface area contributed by atoms with Gasteiger partial charge in [-0.2, -0.15) is 0 Å². The molecule has 2 rings (SSSR count). The predicted molar refractivity (Wildman–Crippen MR) is 81.6 cm³/mol. The lowest BCUT2D eigenvalue weighted by Gasteiger charge is -2.31. The number of aliphatic hydroxyl groups excluding tert-OH is 1. The number of rotatable bonds is 2. The molecule has 4 heteroatoms. The van der Waals surface area contributed by atoms with Crippen LogP contribution in [0.15, 0.2) is 18.3 Å². The molecule has 2 atom stereocenters. The quantitative estimate of drug-likeness (QED) is 0.817. The van der Waals surface area contributed by atoms with Gasteiger partial charge in [0, 0.05) is 12.2 Å². The molecule has 0 bridgehead atoms. The van der Waals surface area contributed by atoms with E-state index in [1.54, 1.807) is 18.3 Å². The van der Waals surface area contributed by atoms with Gasteiger partial charge in [0.2, 0.25) is 0 Å². The summed E-state index contributed by atoms with van der Waals surface area (Å²) in [5.74, 6) is 6.43. The van der Waals surface area contributed by atoms with Crippen LogP contribution >= 0.6 is 0 Å². The molecule has 0 spiro atoms. The largest absolute Gasteiger partial charge is 0.384 e. The van der Waals surface area contributed by atoms with Crippen molar-refractivity contribution < 1.29 is 9.90 Å². The highest BCUT2D eigenvalue weighted by atomic mass is 16.2. The summed E-state index contributed by atoms with van der Waals surface area (Å²) < 4.78 is 0. The molecule has 1 saturated carbocycles. The Kier molecular flexibility index (Phi) is 5.35. The Bertz CT molecular complexity index is 549. The summed E-state index contributed by atoms with van der Waals surface area (Å²) >= 11 is 0. The van der Waals surface area contributed by atoms with E-state index in [1.807, 2.05) is 0 Å². The number of hydrogen-bond donors (Lipinski definition) is 2. The van der Waals surface area contributed by atoms with Crippen LogP contribution < -0.4 is 5.32 Å². The molecular formula is C17H22N2O2. The van der Waals surface area contributed by atoms with Crippen molar-refractivity contribution in [2.45, 2.75) is 39.2 Å². The van der Waals surface area contributed by atoms with Gasteiger partial charge in [-0.05, 0) is 43.2 Å². The van der Waals surface area contributed by atoms with Crippen molar-refractivity contribution >= 4 is 5.91 Å². The van der Waals surface area contributed by atoms with E-state index in [-0.39, 0.29) is 18.6 Å². The molecule has 21 heavy (non-hydrogen) atoms. The Morgan fingerprint density at radius 2 is 2.10 bits per heavy atom. The normalized spacial score (nSPS) is 24.8. The molecule has 1 aliphatic carbocycles. The first-order chi connectivity index (χ1) is 10.1. The molecule has 1 heterocycles. The Labute approximate surface area is 126 Å². The van der Waals surface area contributed by atoms with Crippen molar-refractivity contribution in [1.29, 1.82) is 0 Å². The van der Waals surface area contributed by atoms with Gasteiger partial charge in [-0.3, -0.25) is 4.79 Å². The first-order valence-corrected chi connectivity index (χ1v) is 7.45. The highest BCUT2D eigenvalue weighted by Gasteiger charge is 2.26. The second kappa shape index (κ2) is 7.24. The predicted octanol–water partition coefficient (Wildman–Crippen LogP) is 1.98. The van der Waals surface area contributed by atoms with Crippen LogP contribution in [0.1, 0.15) is 49.2 Å². The lowest BCUT2D eigenvalue weighted by atomic mass is 9.80. The van der Waals surface area contributed by atoms with E-state index in [4.69, 9.17) is 5.11 Å². The van der Waals surface area contributed by atoms with Crippen molar-refractivity contribution in [3.63, 3.8) is 0 Å². The van der Waals surface area contributed by atoms with E-state index in [0.717, 1.165) is 12.8 Å². The Hall–Kier alpha value is -1.86. The number of carbonyl (C=O) groups excluding carboxylic acids is 1. The summed E-state index contributed by atoms with van der Waals surface area (Å²) in [4.78, 5) is 16.5. The average Bonchev–Trinajstić information content (AvgIpc) is 2.44. The summed E-state index contributed by atoms with van der Waals surface area (Å²) in [5.41, 5.74) is 0.894. The van der Waals surface area contributed by atoms with Gasteiger partial charge < -0.3 is 10.4 Å². The minimum absolute atomic E-state index is 0.177. The van der Waals surface area contributed by atoms with Crippen LogP contribution in [0, 0.1) is 23.7 Å². The number of hydrogen-bond acceptors (Lipinski definition) is 3. The molecule has 1 fully saturated rings. The SMILES string of the molecule is CC1CC(C)CC(NC(=O)c2ncccc2C#CCO)C1. The third kappa shape index (κ3) is 4.30. The molecule has 0 aliphatic heterocycles. The molecular weight excluding hydrogens is 264 g/mol. The van der Waals surface area contributed by atoms with Gasteiger partial charge >= 0.3 is 0 Å². The number of pyridine rings is 1. The van der Waals surface area contributed by atoms with Crippen molar-refractivity contribution in [2.75, 3.05) is 6.61 Å². The molecule has 1 aromatic heterocycles. The summed E-state index contributed by atoms with van der Waals surface area (Å²) in [6, 6.07) is 3.69. The topological polar surface area (TPSA) is 62.2 Å². The van der Waals surface area contributed by atoms with Gasteiger partial charge in [0.25, 0.3) is 5.91 Å². The van der Waals surface area contributed by atoms with Gasteiger partial charge in [-0.15, -0.1) is 0 Å². The van der Waals surface area contributed by atoms with E-state index in [1.165, 1.54) is 6.42 Å². The Morgan fingerprint density at radius 3 is 2.76 bits per heavy atom. The molecule has 4 nitrogen and oxygen atoms in total. The zero-order valence-electron chi connectivity index (χ0n) is 12.6. The molecule has 2 N–H and O–H groups in total. The average molecular weight is 286 g/mol. The van der Waals surface area contributed by atoms with Crippen LogP contribution in [0.25, 0.3) is 0 Å². The Balaban J connectivity index is 2.10. The fraction of sp³-hybridized carbons (Fsp3) is 0.529. The minimum Gasteiger partial charge on any atom is -0.384 e. The lowest BCUT2D eigenvalue weighted by Crippen LogP contribution is -2.40. The Morgan fingerprint density at radius 1 is 1.38 bits per heavy atom. The van der Waals surface area contributed by atoms with E-state index in [0.29, 0.717) is 23.1 Å². The molecule has 0 radical (unpaired) electrons. The molecule has 2 unspecified atom stereocenters. The van der Waals surface area contributed by atoms with E-state index >= 15 is 0 Å². The fourth-order valence-corrected chi connectivity index (χ4v) is 3.14. The second-order valence-electron chi connectivity index (χ2n) is 5.95. The van der Waals surface area contributed by atoms with Crippen molar-refractivity contribution in [1.82, 2.24) is 10.3 Å². The molecule has 0 aromatic carbocycles. The number of nitrogens with zero attached hydrogens (tertiary/aromatic N) is 1. The van der Waals surface area contributed by atoms with E-state index in [9.17, 15) is 4.79 Å². The maximum Gasteiger partial charge on any atom is 0.271 e. The van der Waals surface area contributed by atoms with Crippen LogP contribution in [-0.2, 0) is 0 Å². The van der Waals surface area contributed by atoms with Crippen LogP contribution in [0.2, 0.25) is 0 Å². The molecule has 0 saturated heterocycles. The number of carbonyl (C=O) groups is 1. The van der Waals surface area contributed by atoms with Gasteiger partial charge in [0.05, 0.1) is 5.56 Å².